The van der Waals surface area contributed by atoms with Crippen LogP contribution in [0.4, 0.5) is 0 Å². The van der Waals surface area contributed by atoms with Crippen LogP contribution in [0.3, 0.4) is 0 Å². The van der Waals surface area contributed by atoms with Crippen molar-refractivity contribution in [2.24, 2.45) is 0 Å². The Labute approximate surface area is 119 Å². The predicted octanol–water partition coefficient (Wildman–Crippen LogP) is 3.43. The first-order valence-electron chi connectivity index (χ1n) is 5.96. The van der Waals surface area contributed by atoms with E-state index in [1.807, 2.05) is 6.92 Å². The Kier molecular flexibility index (Phi) is 2.87. The van der Waals surface area contributed by atoms with Crippen molar-refractivity contribution >= 4 is 39.4 Å². The van der Waals surface area contributed by atoms with Gasteiger partial charge in [-0.1, -0.05) is 11.6 Å². The van der Waals surface area contributed by atoms with Crippen molar-refractivity contribution in [3.8, 4) is 0 Å². The molecule has 6 heteroatoms. The molecule has 0 amide bonds. The third-order valence-electron chi connectivity index (χ3n) is 3.27. The van der Waals surface area contributed by atoms with Gasteiger partial charge in [-0.15, -0.1) is 0 Å². The van der Waals surface area contributed by atoms with E-state index in [4.69, 9.17) is 20.8 Å². The summed E-state index contributed by atoms with van der Waals surface area (Å²) in [7, 11) is 1.34. The van der Waals surface area contributed by atoms with Gasteiger partial charge in [0.05, 0.1) is 24.6 Å². The van der Waals surface area contributed by atoms with E-state index in [-0.39, 0.29) is 5.15 Å². The first kappa shape index (κ1) is 12.9. The van der Waals surface area contributed by atoms with Crippen molar-refractivity contribution in [3.05, 3.63) is 34.4 Å². The molecule has 3 rings (SSSR count). The van der Waals surface area contributed by atoms with Crippen LogP contribution in [0.15, 0.2) is 16.7 Å². The zero-order valence-electron chi connectivity index (χ0n) is 11.2. The molecule has 0 aliphatic rings. The van der Waals surface area contributed by atoms with E-state index in [2.05, 4.69) is 9.97 Å². The van der Waals surface area contributed by atoms with Gasteiger partial charge in [-0.25, -0.2) is 4.79 Å². The zero-order valence-corrected chi connectivity index (χ0v) is 11.9. The number of rotatable bonds is 1. The van der Waals surface area contributed by atoms with Gasteiger partial charge in [-0.05, 0) is 19.9 Å². The maximum atomic E-state index is 12.1. The van der Waals surface area contributed by atoms with Gasteiger partial charge in [-0.3, -0.25) is 4.98 Å². The molecule has 0 fully saturated rings. The van der Waals surface area contributed by atoms with Crippen LogP contribution in [-0.2, 0) is 4.74 Å². The lowest BCUT2D eigenvalue weighted by Gasteiger charge is -2.11. The van der Waals surface area contributed by atoms with Crippen LogP contribution in [-0.4, -0.2) is 23.0 Å². The number of halogens is 1. The highest BCUT2D eigenvalue weighted by Crippen LogP contribution is 2.35. The Morgan fingerprint density at radius 3 is 2.70 bits per heavy atom. The average Bonchev–Trinajstić information content (AvgIpc) is 2.85. The van der Waals surface area contributed by atoms with Gasteiger partial charge in [0.1, 0.15) is 5.15 Å². The second kappa shape index (κ2) is 4.45. The number of hydrogen-bond donors (Lipinski definition) is 0. The Balaban J connectivity index is 2.64. The van der Waals surface area contributed by atoms with Crippen LogP contribution >= 0.6 is 11.6 Å². The van der Waals surface area contributed by atoms with E-state index in [0.29, 0.717) is 33.4 Å². The van der Waals surface area contributed by atoms with Crippen LogP contribution in [0, 0.1) is 13.8 Å². The summed E-state index contributed by atoms with van der Waals surface area (Å²) in [4.78, 5) is 20.6. The van der Waals surface area contributed by atoms with Crippen molar-refractivity contribution in [3.63, 3.8) is 0 Å². The number of aryl methyl sites for hydroxylation is 2. The molecule has 20 heavy (non-hydrogen) atoms. The van der Waals surface area contributed by atoms with Gasteiger partial charge in [0.2, 0.25) is 5.71 Å². The molecule has 102 valence electrons. The Bertz CT molecular complexity index is 855. The Morgan fingerprint density at radius 1 is 1.25 bits per heavy atom. The van der Waals surface area contributed by atoms with E-state index < -0.39 is 5.97 Å². The highest BCUT2D eigenvalue weighted by molar-refractivity contribution is 6.36. The summed E-state index contributed by atoms with van der Waals surface area (Å²) in [5.74, 6) is -0.454. The number of methoxy groups -OCH3 is 1. The lowest BCUT2D eigenvalue weighted by Crippen LogP contribution is -2.08. The van der Waals surface area contributed by atoms with E-state index in [0.717, 1.165) is 5.39 Å². The molecule has 0 saturated heterocycles. The monoisotopic (exact) mass is 290 g/mol. The molecular weight excluding hydrogens is 280 g/mol. The highest BCUT2D eigenvalue weighted by atomic mass is 35.5. The van der Waals surface area contributed by atoms with Crippen LogP contribution < -0.4 is 0 Å². The molecule has 0 aromatic carbocycles. The summed E-state index contributed by atoms with van der Waals surface area (Å²) < 4.78 is 10.1. The summed E-state index contributed by atoms with van der Waals surface area (Å²) in [6.45, 7) is 3.59. The fraction of sp³-hybridized carbons (Fsp3) is 0.214. The number of carbonyl (C=O) groups excluding carboxylic acids is 1. The number of aromatic nitrogens is 2. The molecular formula is C14H11ClN2O3. The van der Waals surface area contributed by atoms with Crippen molar-refractivity contribution in [2.45, 2.75) is 13.8 Å². The molecule has 5 nitrogen and oxygen atoms in total. The van der Waals surface area contributed by atoms with Crippen molar-refractivity contribution in [2.75, 3.05) is 7.11 Å². The fourth-order valence-corrected chi connectivity index (χ4v) is 2.75. The molecule has 0 saturated carbocycles. The van der Waals surface area contributed by atoms with Gasteiger partial charge in [0, 0.05) is 21.9 Å². The summed E-state index contributed by atoms with van der Waals surface area (Å²) >= 11 is 6.21. The normalized spacial score (nSPS) is 11.2. The third kappa shape index (κ3) is 1.67. The van der Waals surface area contributed by atoms with Gasteiger partial charge < -0.3 is 9.15 Å². The molecule has 3 heterocycles. The molecule has 0 atom stereocenters. The van der Waals surface area contributed by atoms with Crippen LogP contribution in [0.5, 0.6) is 0 Å². The predicted molar refractivity (Wildman–Crippen MR) is 75.1 cm³/mol. The number of fused-ring (bicyclic) bond motifs is 3. The quantitative estimate of drug-likeness (QED) is 0.507. The van der Waals surface area contributed by atoms with E-state index in [1.165, 1.54) is 13.4 Å². The average molecular weight is 291 g/mol. The van der Waals surface area contributed by atoms with E-state index in [9.17, 15) is 4.79 Å². The number of carbonyl (C=O) groups is 1. The van der Waals surface area contributed by atoms with E-state index in [1.54, 1.807) is 13.0 Å². The number of furan rings is 1. The van der Waals surface area contributed by atoms with Crippen molar-refractivity contribution < 1.29 is 13.9 Å². The highest BCUT2D eigenvalue weighted by Gasteiger charge is 2.22. The molecule has 3 aromatic rings. The smallest absolute Gasteiger partial charge is 0.340 e. The molecule has 0 bridgehead atoms. The number of nitrogens with zero attached hydrogens (tertiary/aromatic N) is 2. The van der Waals surface area contributed by atoms with Crippen LogP contribution in [0.2, 0.25) is 5.15 Å². The summed E-state index contributed by atoms with van der Waals surface area (Å²) in [5.41, 5.74) is 2.08. The Hall–Kier alpha value is -2.14. The minimum atomic E-state index is -0.454. The maximum Gasteiger partial charge on any atom is 0.340 e. The molecule has 3 aromatic heterocycles. The number of hydrogen-bond acceptors (Lipinski definition) is 5. The first-order valence-corrected chi connectivity index (χ1v) is 6.34. The molecule has 0 spiro atoms. The molecule has 0 N–H and O–H groups in total. The number of esters is 1. The minimum absolute atomic E-state index is 0.262. The Morgan fingerprint density at radius 2 is 2.00 bits per heavy atom. The number of pyridine rings is 2. The summed E-state index contributed by atoms with van der Waals surface area (Å²) in [5, 5.41) is 2.30. The minimum Gasteiger partial charge on any atom is -0.465 e. The lowest BCUT2D eigenvalue weighted by atomic mass is 10.0. The second-order valence-corrected chi connectivity index (χ2v) is 4.80. The van der Waals surface area contributed by atoms with Gasteiger partial charge in [0.25, 0.3) is 0 Å². The number of ether oxygens (including phenoxy) is 1. The third-order valence-corrected chi connectivity index (χ3v) is 3.54. The molecule has 0 unspecified atom stereocenters. The fourth-order valence-electron chi connectivity index (χ4n) is 2.45. The van der Waals surface area contributed by atoms with Crippen LogP contribution in [0.25, 0.3) is 21.9 Å². The largest absolute Gasteiger partial charge is 0.465 e. The molecule has 0 aliphatic carbocycles. The standard InChI is InChI=1S/C14H11ClN2O3/c1-6-9-11(10(7(2)16-6)14(18)19-3)8-4-5-20-13(8)17-12(9)15/h4-5H,1-3H3. The molecule has 0 radical (unpaired) electrons. The van der Waals surface area contributed by atoms with Crippen LogP contribution in [0.1, 0.15) is 21.7 Å². The maximum absolute atomic E-state index is 12.1. The molecule has 0 aliphatic heterocycles. The SMILES string of the molecule is COC(=O)c1c(C)nc(C)c2c(Cl)nc3occc3c12. The van der Waals surface area contributed by atoms with E-state index >= 15 is 0 Å². The zero-order chi connectivity index (χ0) is 14.4. The van der Waals surface area contributed by atoms with Crippen molar-refractivity contribution in [1.82, 2.24) is 9.97 Å². The topological polar surface area (TPSA) is 65.2 Å². The second-order valence-electron chi connectivity index (χ2n) is 4.44. The summed E-state index contributed by atoms with van der Waals surface area (Å²) in [6, 6.07) is 1.76. The van der Waals surface area contributed by atoms with Crippen molar-refractivity contribution in [1.29, 1.82) is 0 Å². The lowest BCUT2D eigenvalue weighted by molar-refractivity contribution is 0.0602. The van der Waals surface area contributed by atoms with Gasteiger partial charge in [-0.2, -0.15) is 4.98 Å². The van der Waals surface area contributed by atoms with Gasteiger partial charge >= 0.3 is 5.97 Å². The summed E-state index contributed by atoms with van der Waals surface area (Å²) in [6.07, 6.45) is 1.51. The van der Waals surface area contributed by atoms with Gasteiger partial charge in [0.15, 0.2) is 0 Å². The first-order chi connectivity index (χ1) is 9.54.